The highest BCUT2D eigenvalue weighted by atomic mass is 32.2. The Hall–Kier alpha value is -3.52. The summed E-state index contributed by atoms with van der Waals surface area (Å²) in [5.41, 5.74) is 1.78. The van der Waals surface area contributed by atoms with E-state index in [2.05, 4.69) is 9.97 Å². The lowest BCUT2D eigenvalue weighted by atomic mass is 10.2. The molecule has 2 heterocycles. The largest absolute Gasteiger partial charge is 0.493 e. The van der Waals surface area contributed by atoms with Crippen molar-refractivity contribution in [3.63, 3.8) is 0 Å². The van der Waals surface area contributed by atoms with E-state index in [1.165, 1.54) is 11.8 Å². The molecular weight excluding hydrogens is 438 g/mol. The molecule has 0 aliphatic heterocycles. The molecule has 8 heteroatoms. The van der Waals surface area contributed by atoms with Crippen LogP contribution in [-0.4, -0.2) is 47.3 Å². The number of hydrogen-bond acceptors (Lipinski definition) is 7. The number of para-hydroxylation sites is 1. The van der Waals surface area contributed by atoms with E-state index in [-0.39, 0.29) is 11.7 Å². The lowest BCUT2D eigenvalue weighted by molar-refractivity contribution is -0.128. The van der Waals surface area contributed by atoms with Crippen molar-refractivity contribution in [1.29, 1.82) is 0 Å². The number of carbonyl (C=O) groups is 1. The Kier molecular flexibility index (Phi) is 7.14. The van der Waals surface area contributed by atoms with Crippen LogP contribution in [0.2, 0.25) is 0 Å². The third-order valence-electron chi connectivity index (χ3n) is 5.20. The molecule has 2 aromatic carbocycles. The molecule has 7 nitrogen and oxygen atoms in total. The number of rotatable bonds is 9. The number of fused-ring (bicyclic) bond motifs is 1. The molecule has 0 bridgehead atoms. The lowest BCUT2D eigenvalue weighted by Crippen LogP contribution is -2.31. The third kappa shape index (κ3) is 5.12. The Labute approximate surface area is 196 Å². The molecule has 0 fully saturated rings. The number of amides is 1. The fourth-order valence-electron chi connectivity index (χ4n) is 3.47. The average Bonchev–Trinajstić information content (AvgIpc) is 3.40. The fourth-order valence-corrected chi connectivity index (χ4v) is 4.39. The smallest absolute Gasteiger partial charge is 0.233 e. The summed E-state index contributed by atoms with van der Waals surface area (Å²) in [6.45, 7) is 3.05. The Morgan fingerprint density at radius 1 is 1.03 bits per heavy atom. The summed E-state index contributed by atoms with van der Waals surface area (Å²) in [6, 6.07) is 17.1. The highest BCUT2D eigenvalue weighted by Gasteiger charge is 2.17. The summed E-state index contributed by atoms with van der Waals surface area (Å²) in [6.07, 6.45) is 1.59. The van der Waals surface area contributed by atoms with Gasteiger partial charge in [0, 0.05) is 18.5 Å². The average molecular weight is 464 g/mol. The van der Waals surface area contributed by atoms with Gasteiger partial charge >= 0.3 is 0 Å². The van der Waals surface area contributed by atoms with Crippen LogP contribution in [0, 0.1) is 0 Å². The van der Waals surface area contributed by atoms with E-state index in [0.29, 0.717) is 36.2 Å². The molecular formula is C25H25N3O4S. The summed E-state index contributed by atoms with van der Waals surface area (Å²) in [7, 11) is 3.20. The van der Waals surface area contributed by atoms with Crippen molar-refractivity contribution in [2.45, 2.75) is 18.5 Å². The molecule has 170 valence electrons. The van der Waals surface area contributed by atoms with Gasteiger partial charge in [-0.2, -0.15) is 0 Å². The number of carbonyl (C=O) groups excluding carboxylic acids is 1. The second kappa shape index (κ2) is 10.4. The fraction of sp³-hybridized carbons (Fsp3) is 0.240. The van der Waals surface area contributed by atoms with E-state index in [4.69, 9.17) is 13.9 Å². The first-order valence-electron chi connectivity index (χ1n) is 10.5. The van der Waals surface area contributed by atoms with Gasteiger partial charge in [-0.05, 0) is 42.8 Å². The number of furan rings is 1. The molecule has 0 aliphatic rings. The van der Waals surface area contributed by atoms with Crippen LogP contribution in [0.4, 0.5) is 0 Å². The van der Waals surface area contributed by atoms with Gasteiger partial charge in [-0.1, -0.05) is 36.0 Å². The SMILES string of the molecule is CCN(Cc1ccc(OC)c(OC)c1)C(=O)CSc1nc(-c2ccco2)nc2ccccc12. The highest BCUT2D eigenvalue weighted by Crippen LogP contribution is 2.30. The normalized spacial score (nSPS) is 10.9. The van der Waals surface area contributed by atoms with Gasteiger partial charge in [0.15, 0.2) is 23.1 Å². The number of ether oxygens (including phenoxy) is 2. The van der Waals surface area contributed by atoms with Crippen molar-refractivity contribution in [3.8, 4) is 23.1 Å². The standard InChI is InChI=1S/C25H25N3O4S/c1-4-28(15-17-11-12-20(30-2)22(14-17)31-3)23(29)16-33-25-18-8-5-6-9-19(18)26-24(27-25)21-10-7-13-32-21/h5-14H,4,15-16H2,1-3H3. The molecule has 33 heavy (non-hydrogen) atoms. The molecule has 0 atom stereocenters. The van der Waals surface area contributed by atoms with Crippen LogP contribution in [-0.2, 0) is 11.3 Å². The molecule has 4 rings (SSSR count). The van der Waals surface area contributed by atoms with E-state index in [1.807, 2.05) is 60.4 Å². The summed E-state index contributed by atoms with van der Waals surface area (Å²) in [4.78, 5) is 24.2. The minimum Gasteiger partial charge on any atom is -0.493 e. The van der Waals surface area contributed by atoms with Crippen LogP contribution in [0.25, 0.3) is 22.5 Å². The maximum Gasteiger partial charge on any atom is 0.233 e. The monoisotopic (exact) mass is 463 g/mol. The highest BCUT2D eigenvalue weighted by molar-refractivity contribution is 8.00. The number of aromatic nitrogens is 2. The first-order valence-corrected chi connectivity index (χ1v) is 11.5. The number of methoxy groups -OCH3 is 2. The summed E-state index contributed by atoms with van der Waals surface area (Å²) < 4.78 is 16.2. The van der Waals surface area contributed by atoms with Gasteiger partial charge in [0.05, 0.1) is 31.8 Å². The van der Waals surface area contributed by atoms with E-state index in [9.17, 15) is 4.79 Å². The second-order valence-corrected chi connectivity index (χ2v) is 8.20. The zero-order valence-corrected chi connectivity index (χ0v) is 19.6. The molecule has 0 saturated carbocycles. The van der Waals surface area contributed by atoms with Crippen LogP contribution in [0.15, 0.2) is 70.3 Å². The molecule has 0 radical (unpaired) electrons. The third-order valence-corrected chi connectivity index (χ3v) is 6.17. The van der Waals surface area contributed by atoms with Gasteiger partial charge in [0.2, 0.25) is 5.91 Å². The zero-order chi connectivity index (χ0) is 23.2. The molecule has 0 saturated heterocycles. The van der Waals surface area contributed by atoms with Crippen molar-refractivity contribution in [2.75, 3.05) is 26.5 Å². The first-order chi connectivity index (χ1) is 16.1. The maximum absolute atomic E-state index is 13.1. The van der Waals surface area contributed by atoms with Gasteiger partial charge in [0.25, 0.3) is 0 Å². The predicted octanol–water partition coefficient (Wildman–Crippen LogP) is 5.05. The molecule has 0 unspecified atom stereocenters. The molecule has 1 amide bonds. The van der Waals surface area contributed by atoms with Crippen LogP contribution in [0.3, 0.4) is 0 Å². The summed E-state index contributed by atoms with van der Waals surface area (Å²) >= 11 is 1.41. The van der Waals surface area contributed by atoms with Gasteiger partial charge in [-0.25, -0.2) is 9.97 Å². The minimum atomic E-state index is 0.0273. The van der Waals surface area contributed by atoms with Gasteiger partial charge in [-0.3, -0.25) is 4.79 Å². The van der Waals surface area contributed by atoms with Gasteiger partial charge in [0.1, 0.15) is 5.03 Å². The molecule has 0 aliphatic carbocycles. The number of nitrogens with zero attached hydrogens (tertiary/aromatic N) is 3. The second-order valence-electron chi connectivity index (χ2n) is 7.23. The van der Waals surface area contributed by atoms with Gasteiger partial charge < -0.3 is 18.8 Å². The maximum atomic E-state index is 13.1. The van der Waals surface area contributed by atoms with Crippen molar-refractivity contribution in [3.05, 3.63) is 66.4 Å². The molecule has 4 aromatic rings. The number of benzene rings is 2. The van der Waals surface area contributed by atoms with E-state index < -0.39 is 0 Å². The van der Waals surface area contributed by atoms with Crippen molar-refractivity contribution in [2.24, 2.45) is 0 Å². The zero-order valence-electron chi connectivity index (χ0n) is 18.8. The minimum absolute atomic E-state index is 0.0273. The molecule has 0 N–H and O–H groups in total. The van der Waals surface area contributed by atoms with Crippen molar-refractivity contribution >= 4 is 28.6 Å². The van der Waals surface area contributed by atoms with Crippen LogP contribution >= 0.6 is 11.8 Å². The summed E-state index contributed by atoms with van der Waals surface area (Å²) in [5.74, 6) is 2.70. The van der Waals surface area contributed by atoms with Crippen LogP contribution in [0.1, 0.15) is 12.5 Å². The number of hydrogen-bond donors (Lipinski definition) is 0. The molecule has 2 aromatic heterocycles. The quantitative estimate of drug-likeness (QED) is 0.254. The van der Waals surface area contributed by atoms with Crippen molar-refractivity contribution in [1.82, 2.24) is 14.9 Å². The predicted molar refractivity (Wildman–Crippen MR) is 129 cm³/mol. The van der Waals surface area contributed by atoms with Crippen LogP contribution < -0.4 is 9.47 Å². The Balaban J connectivity index is 1.52. The first kappa shape index (κ1) is 22.7. The van der Waals surface area contributed by atoms with Gasteiger partial charge in [-0.15, -0.1) is 0 Å². The topological polar surface area (TPSA) is 77.7 Å². The van der Waals surface area contributed by atoms with E-state index in [0.717, 1.165) is 21.5 Å². The van der Waals surface area contributed by atoms with E-state index in [1.54, 1.807) is 26.5 Å². The molecule has 0 spiro atoms. The van der Waals surface area contributed by atoms with E-state index >= 15 is 0 Å². The summed E-state index contributed by atoms with van der Waals surface area (Å²) in [5, 5.41) is 1.66. The Bertz CT molecular complexity index is 1240. The van der Waals surface area contributed by atoms with Crippen molar-refractivity contribution < 1.29 is 18.7 Å². The Morgan fingerprint density at radius 3 is 2.58 bits per heavy atom. The lowest BCUT2D eigenvalue weighted by Gasteiger charge is -2.21. The van der Waals surface area contributed by atoms with Crippen LogP contribution in [0.5, 0.6) is 11.5 Å². The number of thioether (sulfide) groups is 1. The Morgan fingerprint density at radius 2 is 1.85 bits per heavy atom.